The number of hydrogen-bond donors (Lipinski definition) is 0. The molecule has 2 aromatic rings. The molecule has 1 unspecified atom stereocenters. The van der Waals surface area contributed by atoms with Gasteiger partial charge in [0.15, 0.2) is 0 Å². The van der Waals surface area contributed by atoms with Crippen molar-refractivity contribution < 1.29 is 0 Å². The van der Waals surface area contributed by atoms with E-state index in [1.165, 1.54) is 15.5 Å². The van der Waals surface area contributed by atoms with Crippen LogP contribution < -0.4 is 9.47 Å². The van der Waals surface area contributed by atoms with E-state index in [0.29, 0.717) is 21.0 Å². The van der Waals surface area contributed by atoms with E-state index in [1.54, 1.807) is 0 Å². The summed E-state index contributed by atoms with van der Waals surface area (Å²) in [7, 11) is 0. The van der Waals surface area contributed by atoms with E-state index < -0.39 is 0 Å². The van der Waals surface area contributed by atoms with Gasteiger partial charge in [0.2, 0.25) is 0 Å². The molecular formula is C19H22N2Se. The summed E-state index contributed by atoms with van der Waals surface area (Å²) in [5.41, 5.74) is 1.38. The molecule has 1 aliphatic heterocycles. The third-order valence-electron chi connectivity index (χ3n) is 3.85. The van der Waals surface area contributed by atoms with Gasteiger partial charge in [-0.15, -0.1) is 0 Å². The van der Waals surface area contributed by atoms with Gasteiger partial charge in [-0.25, -0.2) is 0 Å². The summed E-state index contributed by atoms with van der Waals surface area (Å²) in [6.45, 7) is 4.56. The van der Waals surface area contributed by atoms with E-state index >= 15 is 0 Å². The minimum absolute atomic E-state index is 0.183. The normalized spacial score (nSPS) is 20.1. The molecule has 1 heterocycles. The van der Waals surface area contributed by atoms with Gasteiger partial charge >= 0.3 is 139 Å². The molecule has 0 saturated carbocycles. The van der Waals surface area contributed by atoms with Crippen LogP contribution in [-0.2, 0) is 0 Å². The molecule has 0 aromatic heterocycles. The number of hydrogen-bond acceptors (Lipinski definition) is 2. The Morgan fingerprint density at radius 2 is 1.68 bits per heavy atom. The number of anilines is 1. The number of benzene rings is 2. The van der Waals surface area contributed by atoms with E-state index in [-0.39, 0.29) is 5.41 Å². The number of para-hydroxylation sites is 1. The van der Waals surface area contributed by atoms with Crippen LogP contribution in [-0.4, -0.2) is 27.2 Å². The van der Waals surface area contributed by atoms with Gasteiger partial charge in [0.1, 0.15) is 0 Å². The summed E-state index contributed by atoms with van der Waals surface area (Å²) in [4.78, 5) is 0. The first-order valence-corrected chi connectivity index (χ1v) is 9.78. The predicted molar refractivity (Wildman–Crippen MR) is 96.2 cm³/mol. The molecule has 3 rings (SSSR count). The second kappa shape index (κ2) is 6.68. The van der Waals surface area contributed by atoms with Crippen LogP contribution in [0.1, 0.15) is 20.3 Å². The maximum atomic E-state index is 4.76. The molecule has 114 valence electrons. The Morgan fingerprint density at radius 3 is 2.36 bits per heavy atom. The van der Waals surface area contributed by atoms with Gasteiger partial charge in [0.05, 0.1) is 0 Å². The Hall–Kier alpha value is -1.57. The van der Waals surface area contributed by atoms with Crippen molar-refractivity contribution in [2.24, 2.45) is 10.5 Å². The van der Waals surface area contributed by atoms with Crippen LogP contribution in [0.25, 0.3) is 0 Å². The molecule has 0 radical (unpaired) electrons. The van der Waals surface area contributed by atoms with Crippen molar-refractivity contribution in [1.82, 2.24) is 0 Å². The van der Waals surface area contributed by atoms with Crippen LogP contribution in [0.2, 0.25) is 5.32 Å². The van der Waals surface area contributed by atoms with E-state index in [0.717, 1.165) is 6.42 Å². The number of hydrazone groups is 1. The van der Waals surface area contributed by atoms with Gasteiger partial charge in [-0.1, -0.05) is 0 Å². The Labute approximate surface area is 139 Å². The third kappa shape index (κ3) is 3.79. The van der Waals surface area contributed by atoms with Crippen molar-refractivity contribution in [3.05, 3.63) is 60.7 Å². The first-order valence-electron chi connectivity index (χ1n) is 7.71. The first kappa shape index (κ1) is 15.3. The fourth-order valence-corrected chi connectivity index (χ4v) is 4.84. The second-order valence-electron chi connectivity index (χ2n) is 6.40. The standard InChI is InChI=1S/C19H22N2Se/c1-19(2)13-17(14-22-18-11-7-4-8-12-18)21(20-15-19)16-9-5-3-6-10-16/h3-12,15,17H,13-14H2,1-2H3. The SMILES string of the molecule is CC1(C)C=NN(c2ccccc2)C(C[Se]c2ccccc2)C1. The van der Waals surface area contributed by atoms with Crippen LogP contribution in [0.4, 0.5) is 5.69 Å². The topological polar surface area (TPSA) is 15.6 Å². The van der Waals surface area contributed by atoms with Crippen molar-refractivity contribution >= 4 is 31.3 Å². The second-order valence-corrected chi connectivity index (χ2v) is 8.69. The van der Waals surface area contributed by atoms with E-state index in [2.05, 4.69) is 85.7 Å². The average molecular weight is 357 g/mol. The first-order chi connectivity index (χ1) is 10.6. The molecule has 0 saturated heterocycles. The van der Waals surface area contributed by atoms with Gasteiger partial charge in [0.25, 0.3) is 0 Å². The van der Waals surface area contributed by atoms with Crippen molar-refractivity contribution in [2.75, 3.05) is 5.01 Å². The predicted octanol–water partition coefficient (Wildman–Crippen LogP) is 3.73. The molecule has 0 bridgehead atoms. The minimum atomic E-state index is 0.183. The monoisotopic (exact) mass is 358 g/mol. The Morgan fingerprint density at radius 1 is 1.05 bits per heavy atom. The van der Waals surface area contributed by atoms with E-state index in [4.69, 9.17) is 5.10 Å². The average Bonchev–Trinajstić information content (AvgIpc) is 2.54. The fraction of sp³-hybridized carbons (Fsp3) is 0.316. The van der Waals surface area contributed by atoms with Crippen LogP contribution in [0.15, 0.2) is 65.8 Å². The zero-order valence-electron chi connectivity index (χ0n) is 13.1. The van der Waals surface area contributed by atoms with E-state index in [9.17, 15) is 0 Å². The van der Waals surface area contributed by atoms with Gasteiger partial charge in [-0.2, -0.15) is 0 Å². The zero-order chi connectivity index (χ0) is 15.4. The molecule has 0 fully saturated rings. The quantitative estimate of drug-likeness (QED) is 0.762. The molecule has 2 aromatic carbocycles. The van der Waals surface area contributed by atoms with E-state index in [1.807, 2.05) is 0 Å². The molecule has 2 nitrogen and oxygen atoms in total. The van der Waals surface area contributed by atoms with Crippen LogP contribution >= 0.6 is 0 Å². The van der Waals surface area contributed by atoms with Crippen molar-refractivity contribution in [3.63, 3.8) is 0 Å². The maximum absolute atomic E-state index is 4.76. The number of nitrogens with zero attached hydrogens (tertiary/aromatic N) is 2. The van der Waals surface area contributed by atoms with Crippen molar-refractivity contribution in [2.45, 2.75) is 31.6 Å². The Balaban J connectivity index is 1.77. The number of rotatable bonds is 4. The molecule has 0 spiro atoms. The van der Waals surface area contributed by atoms with Gasteiger partial charge in [-0.3, -0.25) is 0 Å². The van der Waals surface area contributed by atoms with Crippen molar-refractivity contribution in [1.29, 1.82) is 0 Å². The summed E-state index contributed by atoms with van der Waals surface area (Å²) in [6, 6.07) is 21.8. The summed E-state index contributed by atoms with van der Waals surface area (Å²) in [5, 5.41) is 8.17. The van der Waals surface area contributed by atoms with Crippen LogP contribution in [0, 0.1) is 5.41 Å². The van der Waals surface area contributed by atoms with Crippen LogP contribution in [0.5, 0.6) is 0 Å². The Kier molecular flexibility index (Phi) is 4.66. The molecule has 1 atom stereocenters. The molecule has 0 N–H and O–H groups in total. The van der Waals surface area contributed by atoms with Gasteiger partial charge < -0.3 is 0 Å². The summed E-state index contributed by atoms with van der Waals surface area (Å²) in [6.07, 6.45) is 3.26. The molecule has 3 heteroatoms. The molecule has 0 amide bonds. The Bertz CT molecular complexity index is 622. The summed E-state index contributed by atoms with van der Waals surface area (Å²) in [5.74, 6) is 0. The summed E-state index contributed by atoms with van der Waals surface area (Å²) < 4.78 is 1.47. The zero-order valence-corrected chi connectivity index (χ0v) is 14.9. The van der Waals surface area contributed by atoms with Gasteiger partial charge in [-0.05, 0) is 0 Å². The molecule has 1 aliphatic rings. The molecule has 0 aliphatic carbocycles. The summed E-state index contributed by atoms with van der Waals surface area (Å²) >= 11 is 0.488. The van der Waals surface area contributed by atoms with Crippen molar-refractivity contribution in [3.8, 4) is 0 Å². The molecule has 22 heavy (non-hydrogen) atoms. The fourth-order valence-electron chi connectivity index (χ4n) is 2.76. The molecular weight excluding hydrogens is 335 g/mol. The van der Waals surface area contributed by atoms with Gasteiger partial charge in [0, 0.05) is 0 Å². The third-order valence-corrected chi connectivity index (χ3v) is 6.27. The van der Waals surface area contributed by atoms with Crippen LogP contribution in [0.3, 0.4) is 0 Å².